The standard InChI is InChI=1S/C11H19N3O/c1-8(6-12)7-14-11(15)10-9(2)4-3-5-13-10/h8-10,13H,3-5,7H2,1-2H3,(H,14,15). The van der Waals surface area contributed by atoms with Gasteiger partial charge in [-0.3, -0.25) is 4.79 Å². The van der Waals surface area contributed by atoms with Crippen LogP contribution in [0.4, 0.5) is 0 Å². The van der Waals surface area contributed by atoms with Crippen molar-refractivity contribution >= 4 is 5.91 Å². The molecule has 0 aromatic carbocycles. The Labute approximate surface area is 91.0 Å². The molecule has 1 aliphatic heterocycles. The predicted octanol–water partition coefficient (Wildman–Crippen LogP) is 0.650. The lowest BCUT2D eigenvalue weighted by molar-refractivity contribution is -0.124. The lowest BCUT2D eigenvalue weighted by Crippen LogP contribution is -2.51. The van der Waals surface area contributed by atoms with Crippen LogP contribution in [0.25, 0.3) is 0 Å². The zero-order chi connectivity index (χ0) is 11.3. The van der Waals surface area contributed by atoms with E-state index in [1.54, 1.807) is 6.92 Å². The van der Waals surface area contributed by atoms with Gasteiger partial charge in [0.25, 0.3) is 0 Å². The molecule has 0 saturated carbocycles. The van der Waals surface area contributed by atoms with E-state index >= 15 is 0 Å². The maximum Gasteiger partial charge on any atom is 0.237 e. The second-order valence-electron chi connectivity index (χ2n) is 4.33. The van der Waals surface area contributed by atoms with Crippen LogP contribution in [-0.4, -0.2) is 25.0 Å². The van der Waals surface area contributed by atoms with E-state index in [1.165, 1.54) is 0 Å². The van der Waals surface area contributed by atoms with E-state index < -0.39 is 0 Å². The van der Waals surface area contributed by atoms with Crippen LogP contribution in [0.2, 0.25) is 0 Å². The Hall–Kier alpha value is -1.08. The normalized spacial score (nSPS) is 27.8. The zero-order valence-electron chi connectivity index (χ0n) is 9.42. The first-order chi connectivity index (χ1) is 7.15. The molecular formula is C11H19N3O. The van der Waals surface area contributed by atoms with Gasteiger partial charge in [-0.2, -0.15) is 5.26 Å². The number of nitriles is 1. The van der Waals surface area contributed by atoms with Crippen LogP contribution in [-0.2, 0) is 4.79 Å². The predicted molar refractivity (Wildman–Crippen MR) is 58.0 cm³/mol. The minimum atomic E-state index is -0.118. The smallest absolute Gasteiger partial charge is 0.237 e. The third-order valence-corrected chi connectivity index (χ3v) is 2.85. The molecule has 3 unspecified atom stereocenters. The number of carbonyl (C=O) groups excluding carboxylic acids is 1. The van der Waals surface area contributed by atoms with Crippen molar-refractivity contribution in [1.82, 2.24) is 10.6 Å². The fourth-order valence-electron chi connectivity index (χ4n) is 1.81. The lowest BCUT2D eigenvalue weighted by Gasteiger charge is -2.29. The molecule has 3 atom stereocenters. The van der Waals surface area contributed by atoms with Crippen molar-refractivity contribution in [2.75, 3.05) is 13.1 Å². The molecule has 1 amide bonds. The first kappa shape index (κ1) is 12.0. The van der Waals surface area contributed by atoms with Crippen LogP contribution >= 0.6 is 0 Å². The molecule has 1 saturated heterocycles. The molecule has 4 nitrogen and oxygen atoms in total. The molecule has 2 N–H and O–H groups in total. The van der Waals surface area contributed by atoms with Gasteiger partial charge in [0.15, 0.2) is 0 Å². The van der Waals surface area contributed by atoms with Crippen molar-refractivity contribution in [1.29, 1.82) is 5.26 Å². The lowest BCUT2D eigenvalue weighted by atomic mass is 9.92. The van der Waals surface area contributed by atoms with Gasteiger partial charge in [-0.05, 0) is 32.2 Å². The molecule has 0 spiro atoms. The van der Waals surface area contributed by atoms with Crippen LogP contribution in [0, 0.1) is 23.2 Å². The van der Waals surface area contributed by atoms with Crippen LogP contribution in [0.3, 0.4) is 0 Å². The Bertz CT molecular complexity index is 259. The fraction of sp³-hybridized carbons (Fsp3) is 0.818. The molecule has 0 aliphatic carbocycles. The summed E-state index contributed by atoms with van der Waals surface area (Å²) in [5.41, 5.74) is 0. The summed E-state index contributed by atoms with van der Waals surface area (Å²) in [6.45, 7) is 5.25. The topological polar surface area (TPSA) is 64.9 Å². The van der Waals surface area contributed by atoms with E-state index in [1.807, 2.05) is 0 Å². The molecule has 84 valence electrons. The van der Waals surface area contributed by atoms with Crippen LogP contribution in [0.15, 0.2) is 0 Å². The molecule has 1 heterocycles. The second-order valence-corrected chi connectivity index (χ2v) is 4.33. The Kier molecular flexibility index (Phi) is 4.57. The van der Waals surface area contributed by atoms with Gasteiger partial charge in [-0.25, -0.2) is 0 Å². The van der Waals surface area contributed by atoms with E-state index in [9.17, 15) is 4.79 Å². The molecule has 0 aromatic rings. The number of rotatable bonds is 3. The molecule has 15 heavy (non-hydrogen) atoms. The van der Waals surface area contributed by atoms with Gasteiger partial charge in [0.05, 0.1) is 18.0 Å². The van der Waals surface area contributed by atoms with Gasteiger partial charge in [0.1, 0.15) is 0 Å². The highest BCUT2D eigenvalue weighted by molar-refractivity contribution is 5.82. The van der Waals surface area contributed by atoms with E-state index in [4.69, 9.17) is 5.26 Å². The Morgan fingerprint density at radius 3 is 3.07 bits per heavy atom. The highest BCUT2D eigenvalue weighted by atomic mass is 16.2. The maximum absolute atomic E-state index is 11.7. The summed E-state index contributed by atoms with van der Waals surface area (Å²) in [5, 5.41) is 14.6. The van der Waals surface area contributed by atoms with Gasteiger partial charge in [-0.15, -0.1) is 0 Å². The Balaban J connectivity index is 2.36. The largest absolute Gasteiger partial charge is 0.353 e. The number of piperidine rings is 1. The quantitative estimate of drug-likeness (QED) is 0.717. The van der Waals surface area contributed by atoms with Crippen molar-refractivity contribution in [2.45, 2.75) is 32.7 Å². The first-order valence-electron chi connectivity index (χ1n) is 5.56. The molecule has 1 fully saturated rings. The average Bonchev–Trinajstić information content (AvgIpc) is 2.26. The first-order valence-corrected chi connectivity index (χ1v) is 5.56. The third-order valence-electron chi connectivity index (χ3n) is 2.85. The monoisotopic (exact) mass is 209 g/mol. The minimum absolute atomic E-state index is 0.0318. The van der Waals surface area contributed by atoms with Gasteiger partial charge < -0.3 is 10.6 Å². The summed E-state index contributed by atoms with van der Waals surface area (Å²) in [5.74, 6) is 0.299. The number of hydrogen-bond acceptors (Lipinski definition) is 3. The van der Waals surface area contributed by atoms with E-state index in [0.29, 0.717) is 12.5 Å². The van der Waals surface area contributed by atoms with Crippen LogP contribution in [0.1, 0.15) is 26.7 Å². The molecule has 0 aromatic heterocycles. The van der Waals surface area contributed by atoms with Gasteiger partial charge in [0, 0.05) is 6.54 Å². The molecule has 1 rings (SSSR count). The van der Waals surface area contributed by atoms with Gasteiger partial charge in [-0.1, -0.05) is 6.92 Å². The minimum Gasteiger partial charge on any atom is -0.353 e. The van der Waals surface area contributed by atoms with E-state index in [-0.39, 0.29) is 17.9 Å². The van der Waals surface area contributed by atoms with Crippen molar-refractivity contribution in [3.05, 3.63) is 0 Å². The van der Waals surface area contributed by atoms with Gasteiger partial charge >= 0.3 is 0 Å². The number of nitrogens with zero attached hydrogens (tertiary/aromatic N) is 1. The molecule has 0 bridgehead atoms. The van der Waals surface area contributed by atoms with Crippen molar-refractivity contribution in [3.8, 4) is 6.07 Å². The molecular weight excluding hydrogens is 190 g/mol. The Morgan fingerprint density at radius 1 is 1.73 bits per heavy atom. The van der Waals surface area contributed by atoms with Crippen LogP contribution in [0.5, 0.6) is 0 Å². The third kappa shape index (κ3) is 3.52. The number of nitrogens with one attached hydrogen (secondary N) is 2. The Morgan fingerprint density at radius 2 is 2.47 bits per heavy atom. The number of hydrogen-bond donors (Lipinski definition) is 2. The summed E-state index contributed by atoms with van der Waals surface area (Å²) in [4.78, 5) is 11.7. The van der Waals surface area contributed by atoms with Gasteiger partial charge in [0.2, 0.25) is 5.91 Å². The molecule has 4 heteroatoms. The van der Waals surface area contributed by atoms with Crippen molar-refractivity contribution < 1.29 is 4.79 Å². The van der Waals surface area contributed by atoms with Crippen molar-refractivity contribution in [2.24, 2.45) is 11.8 Å². The summed E-state index contributed by atoms with van der Waals surface area (Å²) < 4.78 is 0. The van der Waals surface area contributed by atoms with E-state index in [0.717, 1.165) is 19.4 Å². The number of amides is 1. The summed E-state index contributed by atoms with van der Waals surface area (Å²) in [6, 6.07) is 2.02. The van der Waals surface area contributed by atoms with Crippen molar-refractivity contribution in [3.63, 3.8) is 0 Å². The SMILES string of the molecule is CC(C#N)CNC(=O)C1NCCCC1C. The highest BCUT2D eigenvalue weighted by Crippen LogP contribution is 2.15. The fourth-order valence-corrected chi connectivity index (χ4v) is 1.81. The maximum atomic E-state index is 11.7. The number of carbonyl (C=O) groups is 1. The summed E-state index contributed by atoms with van der Waals surface area (Å²) in [7, 11) is 0. The summed E-state index contributed by atoms with van der Waals surface area (Å²) >= 11 is 0. The second kappa shape index (κ2) is 5.72. The summed E-state index contributed by atoms with van der Waals surface area (Å²) in [6.07, 6.45) is 2.23. The van der Waals surface area contributed by atoms with E-state index in [2.05, 4.69) is 23.6 Å². The average molecular weight is 209 g/mol. The zero-order valence-corrected chi connectivity index (χ0v) is 9.42. The van der Waals surface area contributed by atoms with Crippen LogP contribution < -0.4 is 10.6 Å². The molecule has 1 aliphatic rings. The highest BCUT2D eigenvalue weighted by Gasteiger charge is 2.27. The molecule has 0 radical (unpaired) electrons.